The van der Waals surface area contributed by atoms with Crippen LogP contribution >= 0.6 is 23.2 Å². The molecule has 0 saturated heterocycles. The third-order valence-electron chi connectivity index (χ3n) is 2.81. The highest BCUT2D eigenvalue weighted by atomic mass is 35.5. The van der Waals surface area contributed by atoms with Gasteiger partial charge in [0.15, 0.2) is 0 Å². The lowest BCUT2D eigenvalue weighted by molar-refractivity contribution is 0.475. The summed E-state index contributed by atoms with van der Waals surface area (Å²) in [7, 11) is 0. The van der Waals surface area contributed by atoms with E-state index in [-0.39, 0.29) is 5.82 Å². The zero-order valence-corrected chi connectivity index (χ0v) is 13.1. The molecule has 0 aliphatic carbocycles. The lowest BCUT2D eigenvalue weighted by Gasteiger charge is -2.10. The molecule has 2 aromatic rings. The summed E-state index contributed by atoms with van der Waals surface area (Å²) in [5, 5.41) is 4.13. The normalized spacial score (nSPS) is 10.7. The fraction of sp³-hybridized carbons (Fsp3) is 0.250. The van der Waals surface area contributed by atoms with Crippen LogP contribution in [0.4, 0.5) is 4.39 Å². The SMILES string of the molecule is CCCNCc1cc(F)cc(Oc2ccc(Cl)cc2Cl)c1. The van der Waals surface area contributed by atoms with Crippen LogP contribution in [-0.2, 0) is 6.54 Å². The monoisotopic (exact) mass is 327 g/mol. The van der Waals surface area contributed by atoms with Crippen molar-refractivity contribution in [2.45, 2.75) is 19.9 Å². The molecule has 2 rings (SSSR count). The van der Waals surface area contributed by atoms with E-state index < -0.39 is 0 Å². The highest BCUT2D eigenvalue weighted by molar-refractivity contribution is 6.35. The summed E-state index contributed by atoms with van der Waals surface area (Å²) in [6, 6.07) is 9.52. The van der Waals surface area contributed by atoms with Crippen molar-refractivity contribution >= 4 is 23.2 Å². The summed E-state index contributed by atoms with van der Waals surface area (Å²) >= 11 is 11.9. The standard InChI is InChI=1S/C16H16Cl2FNO/c1-2-5-20-10-11-6-13(19)9-14(7-11)21-16-4-3-12(17)8-15(16)18/h3-4,6-9,20H,2,5,10H2,1H3. The molecule has 0 bridgehead atoms. The second kappa shape index (κ2) is 7.64. The summed E-state index contributed by atoms with van der Waals surface area (Å²) in [4.78, 5) is 0. The Kier molecular flexibility index (Phi) is 5.85. The first kappa shape index (κ1) is 16.1. The lowest BCUT2D eigenvalue weighted by atomic mass is 10.2. The number of rotatable bonds is 6. The molecule has 0 aliphatic rings. The molecule has 0 radical (unpaired) electrons. The van der Waals surface area contributed by atoms with Gasteiger partial charge in [0.2, 0.25) is 0 Å². The second-order valence-corrected chi connectivity index (χ2v) is 5.49. The molecule has 0 spiro atoms. The van der Waals surface area contributed by atoms with Crippen LogP contribution in [0.25, 0.3) is 0 Å². The maximum atomic E-state index is 13.6. The van der Waals surface area contributed by atoms with Gasteiger partial charge in [-0.2, -0.15) is 0 Å². The van der Waals surface area contributed by atoms with Crippen LogP contribution in [0.2, 0.25) is 10.0 Å². The van der Waals surface area contributed by atoms with Crippen molar-refractivity contribution < 1.29 is 9.13 Å². The highest BCUT2D eigenvalue weighted by Crippen LogP contribution is 2.32. The van der Waals surface area contributed by atoms with E-state index >= 15 is 0 Å². The van der Waals surface area contributed by atoms with E-state index in [0.29, 0.717) is 28.1 Å². The number of hydrogen-bond donors (Lipinski definition) is 1. The van der Waals surface area contributed by atoms with Crippen LogP contribution < -0.4 is 10.1 Å². The summed E-state index contributed by atoms with van der Waals surface area (Å²) in [6.45, 7) is 3.56. The molecule has 0 atom stereocenters. The maximum Gasteiger partial charge on any atom is 0.146 e. The van der Waals surface area contributed by atoms with Crippen molar-refractivity contribution in [2.75, 3.05) is 6.54 Å². The Morgan fingerprint density at radius 2 is 1.95 bits per heavy atom. The molecular weight excluding hydrogens is 312 g/mol. The van der Waals surface area contributed by atoms with Gasteiger partial charge in [0.1, 0.15) is 17.3 Å². The predicted molar refractivity (Wildman–Crippen MR) is 84.9 cm³/mol. The van der Waals surface area contributed by atoms with Crippen molar-refractivity contribution in [3.05, 3.63) is 57.8 Å². The molecule has 0 saturated carbocycles. The first-order valence-corrected chi connectivity index (χ1v) is 7.47. The largest absolute Gasteiger partial charge is 0.456 e. The fourth-order valence-electron chi connectivity index (χ4n) is 1.88. The van der Waals surface area contributed by atoms with E-state index in [1.165, 1.54) is 12.1 Å². The molecule has 2 nitrogen and oxygen atoms in total. The van der Waals surface area contributed by atoms with Gasteiger partial charge < -0.3 is 10.1 Å². The summed E-state index contributed by atoms with van der Waals surface area (Å²) < 4.78 is 19.3. The minimum Gasteiger partial charge on any atom is -0.456 e. The quantitative estimate of drug-likeness (QED) is 0.715. The van der Waals surface area contributed by atoms with Crippen LogP contribution in [-0.4, -0.2) is 6.54 Å². The molecule has 112 valence electrons. The number of hydrogen-bond acceptors (Lipinski definition) is 2. The van der Waals surface area contributed by atoms with Crippen molar-refractivity contribution in [1.82, 2.24) is 5.32 Å². The van der Waals surface area contributed by atoms with Crippen molar-refractivity contribution in [1.29, 1.82) is 0 Å². The second-order valence-electron chi connectivity index (χ2n) is 4.65. The van der Waals surface area contributed by atoms with E-state index in [1.807, 2.05) is 0 Å². The molecule has 0 aliphatic heterocycles. The van der Waals surface area contributed by atoms with Gasteiger partial charge in [-0.25, -0.2) is 4.39 Å². The minimum absolute atomic E-state index is 0.342. The van der Waals surface area contributed by atoms with E-state index in [9.17, 15) is 4.39 Å². The topological polar surface area (TPSA) is 21.3 Å². The van der Waals surface area contributed by atoms with Crippen molar-refractivity contribution in [3.63, 3.8) is 0 Å². The predicted octanol–water partition coefficient (Wildman–Crippen LogP) is 5.42. The van der Waals surface area contributed by atoms with Gasteiger partial charge in [-0.05, 0) is 48.9 Å². The Hall–Kier alpha value is -1.29. The molecule has 0 aromatic heterocycles. The van der Waals surface area contributed by atoms with E-state index in [4.69, 9.17) is 27.9 Å². The average Bonchev–Trinajstić information content (AvgIpc) is 2.42. The number of ether oxygens (including phenoxy) is 1. The third-order valence-corrected chi connectivity index (χ3v) is 3.34. The Bertz CT molecular complexity index is 619. The Morgan fingerprint density at radius 1 is 1.14 bits per heavy atom. The Labute approximate surface area is 133 Å². The van der Waals surface area contributed by atoms with Gasteiger partial charge in [0.25, 0.3) is 0 Å². The molecule has 21 heavy (non-hydrogen) atoms. The maximum absolute atomic E-state index is 13.6. The summed E-state index contributed by atoms with van der Waals surface area (Å²) in [5.41, 5.74) is 0.823. The molecule has 5 heteroatoms. The zero-order chi connectivity index (χ0) is 15.2. The number of nitrogens with one attached hydrogen (secondary N) is 1. The fourth-order valence-corrected chi connectivity index (χ4v) is 2.32. The van der Waals surface area contributed by atoms with Crippen molar-refractivity contribution in [3.8, 4) is 11.5 Å². The van der Waals surface area contributed by atoms with Crippen LogP contribution in [0.5, 0.6) is 11.5 Å². The number of benzene rings is 2. The Balaban J connectivity index is 2.15. The van der Waals surface area contributed by atoms with Crippen LogP contribution in [0.1, 0.15) is 18.9 Å². The van der Waals surface area contributed by atoms with Gasteiger partial charge in [-0.1, -0.05) is 30.1 Å². The van der Waals surface area contributed by atoms with E-state index in [1.54, 1.807) is 24.3 Å². The van der Waals surface area contributed by atoms with Gasteiger partial charge in [0.05, 0.1) is 5.02 Å². The molecule has 0 heterocycles. The van der Waals surface area contributed by atoms with Crippen LogP contribution in [0.3, 0.4) is 0 Å². The van der Waals surface area contributed by atoms with E-state index in [0.717, 1.165) is 18.5 Å². The molecule has 0 amide bonds. The molecular formula is C16H16Cl2FNO. The highest BCUT2D eigenvalue weighted by Gasteiger charge is 2.07. The first-order chi connectivity index (χ1) is 10.1. The van der Waals surface area contributed by atoms with Crippen molar-refractivity contribution in [2.24, 2.45) is 0 Å². The van der Waals surface area contributed by atoms with Crippen LogP contribution in [0.15, 0.2) is 36.4 Å². The zero-order valence-electron chi connectivity index (χ0n) is 11.6. The molecule has 0 unspecified atom stereocenters. The third kappa shape index (κ3) is 4.88. The molecule has 1 N–H and O–H groups in total. The van der Waals surface area contributed by atoms with Gasteiger partial charge in [-0.3, -0.25) is 0 Å². The smallest absolute Gasteiger partial charge is 0.146 e. The molecule has 2 aromatic carbocycles. The minimum atomic E-state index is -0.342. The van der Waals surface area contributed by atoms with Gasteiger partial charge in [0, 0.05) is 17.6 Å². The first-order valence-electron chi connectivity index (χ1n) is 6.71. The van der Waals surface area contributed by atoms with Crippen LogP contribution in [0, 0.1) is 5.82 Å². The average molecular weight is 328 g/mol. The van der Waals surface area contributed by atoms with E-state index in [2.05, 4.69) is 12.2 Å². The van der Waals surface area contributed by atoms with Gasteiger partial charge in [-0.15, -0.1) is 0 Å². The summed E-state index contributed by atoms with van der Waals surface area (Å²) in [5.74, 6) is 0.512. The number of halogens is 3. The van der Waals surface area contributed by atoms with Gasteiger partial charge >= 0.3 is 0 Å². The summed E-state index contributed by atoms with van der Waals surface area (Å²) in [6.07, 6.45) is 1.03. The molecule has 0 fully saturated rings. The lowest BCUT2D eigenvalue weighted by Crippen LogP contribution is -2.13. The Morgan fingerprint density at radius 3 is 2.67 bits per heavy atom.